The normalized spacial score (nSPS) is 16.4. The Balaban J connectivity index is 1.85. The van der Waals surface area contributed by atoms with Gasteiger partial charge in [0.1, 0.15) is 0 Å². The summed E-state index contributed by atoms with van der Waals surface area (Å²) >= 11 is 3.43. The van der Waals surface area contributed by atoms with E-state index in [4.69, 9.17) is 10.1 Å². The van der Waals surface area contributed by atoms with Gasteiger partial charge in [0.15, 0.2) is 5.82 Å². The number of carboxylic acid groups (broad SMARTS) is 1. The van der Waals surface area contributed by atoms with Crippen LogP contribution in [0.4, 0.5) is 5.82 Å². The third-order valence-corrected chi connectivity index (χ3v) is 5.98. The minimum absolute atomic E-state index is 0.186. The first-order valence-corrected chi connectivity index (χ1v) is 9.54. The van der Waals surface area contributed by atoms with Crippen LogP contribution in [0.15, 0.2) is 46.1 Å². The molecule has 1 N–H and O–H groups in total. The van der Waals surface area contributed by atoms with Crippen LogP contribution in [0.3, 0.4) is 0 Å². The number of thioether (sulfide) groups is 1. The molecule has 3 heterocycles. The van der Waals surface area contributed by atoms with Crippen LogP contribution >= 0.6 is 23.1 Å². The van der Waals surface area contributed by atoms with Gasteiger partial charge in [-0.05, 0) is 60.5 Å². The fourth-order valence-electron chi connectivity index (χ4n) is 2.93. The number of aryl methyl sites for hydroxylation is 1. The Morgan fingerprint density at radius 3 is 2.60 bits per heavy atom. The molecule has 1 aliphatic rings. The molecule has 2 aromatic heterocycles. The van der Waals surface area contributed by atoms with E-state index in [2.05, 4.69) is 21.9 Å². The summed E-state index contributed by atoms with van der Waals surface area (Å²) in [5.41, 5.74) is 4.39. The maximum Gasteiger partial charge on any atom is 0.335 e. The molecule has 0 spiro atoms. The summed E-state index contributed by atoms with van der Waals surface area (Å²) in [6, 6.07) is 8.85. The van der Waals surface area contributed by atoms with Crippen molar-refractivity contribution in [1.82, 2.24) is 9.78 Å². The lowest BCUT2D eigenvalue weighted by Crippen LogP contribution is -2.06. The van der Waals surface area contributed by atoms with Crippen LogP contribution in [0, 0.1) is 6.92 Å². The Labute approximate surface area is 153 Å². The number of aromatic carboxylic acids is 1. The fraction of sp³-hybridized carbons (Fsp3) is 0.167. The molecule has 0 amide bonds. The highest BCUT2D eigenvalue weighted by Gasteiger charge is 2.30. The van der Waals surface area contributed by atoms with E-state index in [-0.39, 0.29) is 10.8 Å². The second-order valence-electron chi connectivity index (χ2n) is 5.77. The lowest BCUT2D eigenvalue weighted by atomic mass is 10.1. The summed E-state index contributed by atoms with van der Waals surface area (Å²) in [6.07, 6.45) is 0. The van der Waals surface area contributed by atoms with E-state index in [1.165, 1.54) is 5.56 Å². The van der Waals surface area contributed by atoms with E-state index >= 15 is 0 Å². The van der Waals surface area contributed by atoms with Crippen molar-refractivity contribution in [3.05, 3.63) is 63.5 Å². The number of aromatic nitrogens is 2. The molecule has 3 aromatic rings. The third kappa shape index (κ3) is 2.79. The molecule has 0 radical (unpaired) electrons. The number of rotatable bonds is 3. The zero-order chi connectivity index (χ0) is 17.6. The maximum atomic E-state index is 11.1. The third-order valence-electron chi connectivity index (χ3n) is 4.10. The number of aliphatic imine (C=N–C) groups is 1. The van der Waals surface area contributed by atoms with Crippen LogP contribution in [0.1, 0.15) is 39.4 Å². The van der Waals surface area contributed by atoms with Crippen molar-refractivity contribution in [2.75, 3.05) is 0 Å². The predicted molar refractivity (Wildman–Crippen MR) is 102 cm³/mol. The monoisotopic (exact) mass is 369 g/mol. The highest BCUT2D eigenvalue weighted by atomic mass is 32.2. The summed E-state index contributed by atoms with van der Waals surface area (Å²) in [4.78, 5) is 15.8. The van der Waals surface area contributed by atoms with Crippen molar-refractivity contribution in [1.29, 1.82) is 0 Å². The number of benzene rings is 1. The van der Waals surface area contributed by atoms with Gasteiger partial charge in [-0.25, -0.2) is 14.5 Å². The van der Waals surface area contributed by atoms with Crippen molar-refractivity contribution >= 4 is 39.9 Å². The largest absolute Gasteiger partial charge is 0.478 e. The maximum absolute atomic E-state index is 11.1. The standard InChI is InChI=1S/C18H15N3O2S2/c1-10-15-16(13-7-8-24-9-13)25-11(2)19-17(15)21(20-10)14-5-3-12(4-6-14)18(22)23/h3-9,16H,1-2H3,(H,22,23)/t16-/m1/s1. The number of fused-ring (bicyclic) bond motifs is 1. The number of carboxylic acids is 1. The molecule has 5 nitrogen and oxygen atoms in total. The molecule has 0 unspecified atom stereocenters. The minimum atomic E-state index is -0.937. The summed E-state index contributed by atoms with van der Waals surface area (Å²) in [5, 5.41) is 19.2. The zero-order valence-electron chi connectivity index (χ0n) is 13.6. The van der Waals surface area contributed by atoms with Crippen LogP contribution in [-0.4, -0.2) is 25.9 Å². The molecule has 0 aliphatic carbocycles. The number of hydrogen-bond acceptors (Lipinski definition) is 5. The minimum Gasteiger partial charge on any atom is -0.478 e. The van der Waals surface area contributed by atoms with Crippen molar-refractivity contribution in [3.63, 3.8) is 0 Å². The van der Waals surface area contributed by atoms with Crippen LogP contribution in [0.5, 0.6) is 0 Å². The summed E-state index contributed by atoms with van der Waals surface area (Å²) in [5.74, 6) is -0.110. The van der Waals surface area contributed by atoms with Gasteiger partial charge < -0.3 is 5.11 Å². The highest BCUT2D eigenvalue weighted by molar-refractivity contribution is 8.14. The first-order chi connectivity index (χ1) is 12.0. The fourth-order valence-corrected chi connectivity index (χ4v) is 4.86. The molecule has 4 rings (SSSR count). The predicted octanol–water partition coefficient (Wildman–Crippen LogP) is 4.83. The Kier molecular flexibility index (Phi) is 3.97. The van der Waals surface area contributed by atoms with Crippen LogP contribution in [-0.2, 0) is 0 Å². The molecule has 1 aliphatic heterocycles. The quantitative estimate of drug-likeness (QED) is 0.718. The Bertz CT molecular complexity index is 973. The van der Waals surface area contributed by atoms with Gasteiger partial charge in [0.05, 0.1) is 27.2 Å². The van der Waals surface area contributed by atoms with Crippen LogP contribution in [0.2, 0.25) is 0 Å². The van der Waals surface area contributed by atoms with Gasteiger partial charge in [-0.3, -0.25) is 0 Å². The van der Waals surface area contributed by atoms with Crippen molar-refractivity contribution in [2.45, 2.75) is 19.1 Å². The zero-order valence-corrected chi connectivity index (χ0v) is 15.3. The smallest absolute Gasteiger partial charge is 0.335 e. The second-order valence-corrected chi connectivity index (χ2v) is 7.85. The van der Waals surface area contributed by atoms with E-state index in [1.54, 1.807) is 52.0 Å². The van der Waals surface area contributed by atoms with Gasteiger partial charge in [0.25, 0.3) is 0 Å². The molecule has 1 aromatic carbocycles. The van der Waals surface area contributed by atoms with E-state index in [0.29, 0.717) is 0 Å². The summed E-state index contributed by atoms with van der Waals surface area (Å²) < 4.78 is 1.80. The number of thiophene rings is 1. The number of carbonyl (C=O) groups is 1. The summed E-state index contributed by atoms with van der Waals surface area (Å²) in [6.45, 7) is 4.00. The van der Waals surface area contributed by atoms with E-state index in [9.17, 15) is 4.79 Å². The first kappa shape index (κ1) is 16.1. The van der Waals surface area contributed by atoms with E-state index < -0.39 is 5.97 Å². The molecule has 0 saturated heterocycles. The lowest BCUT2D eigenvalue weighted by molar-refractivity contribution is 0.0697. The molecule has 25 heavy (non-hydrogen) atoms. The van der Waals surface area contributed by atoms with Gasteiger partial charge in [0.2, 0.25) is 0 Å². The molecule has 0 fully saturated rings. The molecular formula is C18H15N3O2S2. The molecule has 0 saturated carbocycles. The van der Waals surface area contributed by atoms with Crippen molar-refractivity contribution in [2.24, 2.45) is 4.99 Å². The molecule has 1 atom stereocenters. The number of hydrogen-bond donors (Lipinski definition) is 1. The Hall–Kier alpha value is -2.38. The average molecular weight is 369 g/mol. The van der Waals surface area contributed by atoms with E-state index in [0.717, 1.165) is 27.8 Å². The summed E-state index contributed by atoms with van der Waals surface area (Å²) in [7, 11) is 0. The lowest BCUT2D eigenvalue weighted by Gasteiger charge is -2.20. The highest BCUT2D eigenvalue weighted by Crippen LogP contribution is 2.47. The SMILES string of the molecule is CC1=Nc2c(c(C)nn2-c2ccc(C(=O)O)cc2)[C@@H](c2ccsc2)S1. The topological polar surface area (TPSA) is 67.5 Å². The molecule has 7 heteroatoms. The van der Waals surface area contributed by atoms with Crippen molar-refractivity contribution < 1.29 is 9.90 Å². The Morgan fingerprint density at radius 1 is 1.20 bits per heavy atom. The van der Waals surface area contributed by atoms with Gasteiger partial charge in [0, 0.05) is 5.56 Å². The molecule has 126 valence electrons. The van der Waals surface area contributed by atoms with Crippen LogP contribution < -0.4 is 0 Å². The molecular weight excluding hydrogens is 354 g/mol. The van der Waals surface area contributed by atoms with Gasteiger partial charge in [-0.2, -0.15) is 16.4 Å². The van der Waals surface area contributed by atoms with E-state index in [1.807, 2.05) is 13.8 Å². The first-order valence-electron chi connectivity index (χ1n) is 7.72. The average Bonchev–Trinajstić information content (AvgIpc) is 3.23. The van der Waals surface area contributed by atoms with Gasteiger partial charge >= 0.3 is 5.97 Å². The second kappa shape index (κ2) is 6.16. The van der Waals surface area contributed by atoms with Gasteiger partial charge in [-0.1, -0.05) is 11.8 Å². The number of nitrogens with zero attached hydrogens (tertiary/aromatic N) is 3. The Morgan fingerprint density at radius 2 is 1.96 bits per heavy atom. The van der Waals surface area contributed by atoms with Crippen molar-refractivity contribution in [3.8, 4) is 5.69 Å². The van der Waals surface area contributed by atoms with Crippen LogP contribution in [0.25, 0.3) is 5.69 Å². The van der Waals surface area contributed by atoms with Gasteiger partial charge in [-0.15, -0.1) is 0 Å². The molecule has 0 bridgehead atoms.